The third-order valence-electron chi connectivity index (χ3n) is 6.59. The minimum absolute atomic E-state index is 0.0232. The van der Waals surface area contributed by atoms with Crippen LogP contribution in [0.4, 0.5) is 0 Å². The maximum atomic E-state index is 13.0. The fourth-order valence-electron chi connectivity index (χ4n) is 5.15. The zero-order chi connectivity index (χ0) is 21.8. The van der Waals surface area contributed by atoms with Gasteiger partial charge in [0, 0.05) is 23.6 Å². The van der Waals surface area contributed by atoms with Crippen LogP contribution in [0, 0.1) is 45.8 Å². The van der Waals surface area contributed by atoms with Crippen molar-refractivity contribution in [3.05, 3.63) is 83.2 Å². The second-order valence-corrected chi connectivity index (χ2v) is 7.98. The normalized spacial score (nSPS) is 26.4. The van der Waals surface area contributed by atoms with Crippen molar-refractivity contribution in [2.75, 3.05) is 0 Å². The average molecular weight is 406 g/mol. The molecule has 0 radical (unpaired) electrons. The Morgan fingerprint density at radius 2 is 1.74 bits per heavy atom. The van der Waals surface area contributed by atoms with Crippen molar-refractivity contribution in [2.45, 2.75) is 19.3 Å². The third kappa shape index (κ3) is 2.18. The summed E-state index contributed by atoms with van der Waals surface area (Å²) in [5, 5.41) is 36.6. The Hall–Kier alpha value is -4.23. The molecule has 5 rings (SSSR count). The minimum atomic E-state index is -1.73. The molecular formula is C24H18N6O. The summed E-state index contributed by atoms with van der Waals surface area (Å²) in [5.74, 6) is -1.53. The largest absolute Gasteiger partial charge is 0.312 e. The van der Waals surface area contributed by atoms with Gasteiger partial charge in [-0.25, -0.2) is 4.68 Å². The number of amides is 1. The molecule has 150 valence electrons. The topological polar surface area (TPSA) is 118 Å². The molecule has 7 nitrogen and oxygen atoms in total. The lowest BCUT2D eigenvalue weighted by atomic mass is 9.51. The number of carbonyl (C=O) groups is 1. The maximum absolute atomic E-state index is 13.0. The molecule has 0 spiro atoms. The molecule has 2 aliphatic rings. The molecule has 1 amide bonds. The third-order valence-corrected chi connectivity index (χ3v) is 6.59. The van der Waals surface area contributed by atoms with Gasteiger partial charge in [-0.05, 0) is 24.6 Å². The molecule has 7 heteroatoms. The molecule has 0 bridgehead atoms. The Labute approximate surface area is 179 Å². The number of amidine groups is 1. The van der Waals surface area contributed by atoms with E-state index in [2.05, 4.69) is 17.5 Å². The number of aromatic nitrogens is 2. The number of nitriles is 2. The molecular weight excluding hydrogens is 388 g/mol. The number of hydrogen-bond donors (Lipinski definition) is 2. The Morgan fingerprint density at radius 3 is 2.35 bits per heavy atom. The van der Waals surface area contributed by atoms with E-state index in [0.717, 1.165) is 22.5 Å². The zero-order valence-corrected chi connectivity index (χ0v) is 16.8. The minimum Gasteiger partial charge on any atom is -0.312 e. The second kappa shape index (κ2) is 6.38. The molecule has 1 aliphatic heterocycles. The molecule has 2 N–H and O–H groups in total. The summed E-state index contributed by atoms with van der Waals surface area (Å²) < 4.78 is 1.79. The first-order valence-electron chi connectivity index (χ1n) is 9.92. The van der Waals surface area contributed by atoms with Crippen molar-refractivity contribution in [3.8, 4) is 17.8 Å². The number of rotatable bonds is 2. The van der Waals surface area contributed by atoms with Crippen molar-refractivity contribution in [1.82, 2.24) is 15.1 Å². The number of hydrogen-bond acceptors (Lipinski definition) is 5. The molecule has 31 heavy (non-hydrogen) atoms. The van der Waals surface area contributed by atoms with Crippen molar-refractivity contribution in [1.29, 1.82) is 15.9 Å². The highest BCUT2D eigenvalue weighted by molar-refractivity contribution is 6.15. The van der Waals surface area contributed by atoms with Gasteiger partial charge in [-0.2, -0.15) is 15.6 Å². The Morgan fingerprint density at radius 1 is 1.10 bits per heavy atom. The van der Waals surface area contributed by atoms with E-state index in [-0.39, 0.29) is 12.3 Å². The predicted octanol–water partition coefficient (Wildman–Crippen LogP) is 3.00. The van der Waals surface area contributed by atoms with Crippen molar-refractivity contribution < 1.29 is 4.79 Å². The first kappa shape index (κ1) is 18.8. The van der Waals surface area contributed by atoms with Crippen LogP contribution in [0.25, 0.3) is 5.69 Å². The van der Waals surface area contributed by atoms with E-state index in [1.54, 1.807) is 4.68 Å². The monoisotopic (exact) mass is 406 g/mol. The molecule has 2 aromatic carbocycles. The van der Waals surface area contributed by atoms with Gasteiger partial charge in [0.1, 0.15) is 5.84 Å². The molecule has 3 unspecified atom stereocenters. The molecule has 0 saturated carbocycles. The molecule has 1 aromatic heterocycles. The fraction of sp³-hybridized carbons (Fsp3) is 0.208. The van der Waals surface area contributed by atoms with E-state index in [1.807, 2.05) is 67.6 Å². The van der Waals surface area contributed by atoms with Gasteiger partial charge in [-0.15, -0.1) is 0 Å². The van der Waals surface area contributed by atoms with Crippen molar-refractivity contribution in [2.24, 2.45) is 10.8 Å². The first-order valence-corrected chi connectivity index (χ1v) is 9.92. The van der Waals surface area contributed by atoms with Crippen LogP contribution in [0.5, 0.6) is 0 Å². The lowest BCUT2D eigenvalue weighted by Crippen LogP contribution is -2.52. The van der Waals surface area contributed by atoms with Gasteiger partial charge in [-0.3, -0.25) is 10.2 Å². The number of nitrogens with zero attached hydrogens (tertiary/aromatic N) is 4. The molecule has 1 fully saturated rings. The lowest BCUT2D eigenvalue weighted by Gasteiger charge is -2.42. The first-order chi connectivity index (χ1) is 15.0. The van der Waals surface area contributed by atoms with Crippen LogP contribution in [-0.2, 0) is 11.2 Å². The second-order valence-electron chi connectivity index (χ2n) is 7.98. The highest BCUT2D eigenvalue weighted by Gasteiger charge is 2.72. The number of nitrogens with one attached hydrogen (secondary N) is 2. The molecule has 3 aromatic rings. The highest BCUT2D eigenvalue weighted by Crippen LogP contribution is 2.61. The van der Waals surface area contributed by atoms with Gasteiger partial charge < -0.3 is 5.32 Å². The van der Waals surface area contributed by atoms with E-state index in [0.29, 0.717) is 5.69 Å². The van der Waals surface area contributed by atoms with Crippen LogP contribution < -0.4 is 5.32 Å². The Bertz CT molecular complexity index is 1310. The van der Waals surface area contributed by atoms with Crippen molar-refractivity contribution >= 4 is 11.7 Å². The van der Waals surface area contributed by atoms with Gasteiger partial charge in [-0.1, -0.05) is 48.5 Å². The number of para-hydroxylation sites is 1. The fourth-order valence-corrected chi connectivity index (χ4v) is 5.15. The van der Waals surface area contributed by atoms with Crippen LogP contribution in [0.15, 0.2) is 60.7 Å². The summed E-state index contributed by atoms with van der Waals surface area (Å²) in [4.78, 5) is 13.0. The smallest absolute Gasteiger partial charge is 0.248 e. The molecule has 3 atom stereocenters. The van der Waals surface area contributed by atoms with E-state index in [4.69, 9.17) is 10.5 Å². The van der Waals surface area contributed by atoms with Crippen LogP contribution in [0.1, 0.15) is 28.4 Å². The summed E-state index contributed by atoms with van der Waals surface area (Å²) in [5.41, 5.74) is 0.445. The van der Waals surface area contributed by atoms with Crippen LogP contribution in [0.2, 0.25) is 0 Å². The summed E-state index contributed by atoms with van der Waals surface area (Å²) in [6.45, 7) is 1.92. The van der Waals surface area contributed by atoms with Gasteiger partial charge >= 0.3 is 0 Å². The van der Waals surface area contributed by atoms with Crippen LogP contribution >= 0.6 is 0 Å². The number of carbonyl (C=O) groups excluding carboxylic acids is 1. The quantitative estimate of drug-likeness (QED) is 0.680. The standard InChI is InChI=1S/C24H18N6O/c1-15-19-18(29-30(15)17-10-6-3-7-11-17)12-23(13-25)22(31)28-21(27)24(23,14-26)20(19)16-8-4-2-5-9-16/h2-11,20H,12H2,1H3,(H2,27,28,31). The lowest BCUT2D eigenvalue weighted by molar-refractivity contribution is -0.127. The zero-order valence-electron chi connectivity index (χ0n) is 16.8. The SMILES string of the molecule is Cc1c2c(nn1-c1ccccc1)CC1(C#N)C(=O)NC(=N)C1(C#N)C2c1ccccc1. The Balaban J connectivity index is 1.88. The van der Waals surface area contributed by atoms with E-state index >= 15 is 0 Å². The molecule has 1 aliphatic carbocycles. The van der Waals surface area contributed by atoms with Gasteiger partial charge in [0.15, 0.2) is 10.8 Å². The number of benzene rings is 2. The summed E-state index contributed by atoms with van der Waals surface area (Å²) in [6.07, 6.45) is -0.0232. The molecule has 1 saturated heterocycles. The van der Waals surface area contributed by atoms with Gasteiger partial charge in [0.05, 0.1) is 23.5 Å². The summed E-state index contributed by atoms with van der Waals surface area (Å²) in [7, 11) is 0. The van der Waals surface area contributed by atoms with Crippen molar-refractivity contribution in [3.63, 3.8) is 0 Å². The van der Waals surface area contributed by atoms with Crippen LogP contribution in [0.3, 0.4) is 0 Å². The van der Waals surface area contributed by atoms with E-state index < -0.39 is 22.7 Å². The van der Waals surface area contributed by atoms with E-state index in [1.165, 1.54) is 0 Å². The van der Waals surface area contributed by atoms with Gasteiger partial charge in [0.2, 0.25) is 5.91 Å². The average Bonchev–Trinajstić information content (AvgIpc) is 3.24. The molecule has 2 heterocycles. The summed E-state index contributed by atoms with van der Waals surface area (Å²) in [6, 6.07) is 23.3. The van der Waals surface area contributed by atoms with E-state index in [9.17, 15) is 15.3 Å². The van der Waals surface area contributed by atoms with Gasteiger partial charge in [0.25, 0.3) is 0 Å². The maximum Gasteiger partial charge on any atom is 0.248 e. The Kier molecular flexibility index (Phi) is 3.87. The summed E-state index contributed by atoms with van der Waals surface area (Å²) >= 11 is 0. The highest BCUT2D eigenvalue weighted by atomic mass is 16.2. The predicted molar refractivity (Wildman–Crippen MR) is 112 cm³/mol. The van der Waals surface area contributed by atoms with Crippen LogP contribution in [-0.4, -0.2) is 21.5 Å². The number of fused-ring (bicyclic) bond motifs is 2.